The van der Waals surface area contributed by atoms with E-state index in [9.17, 15) is 9.59 Å². The first-order chi connectivity index (χ1) is 14.5. The number of aromatic nitrogens is 1. The molecule has 0 atom stereocenters. The Balaban J connectivity index is 1.58. The number of rotatable bonds is 6. The molecule has 0 bridgehead atoms. The van der Waals surface area contributed by atoms with Crippen molar-refractivity contribution in [2.24, 2.45) is 5.73 Å². The number of carbonyl (C=O) groups excluding carboxylic acids is 2. The molecule has 7 nitrogen and oxygen atoms in total. The predicted molar refractivity (Wildman–Crippen MR) is 111 cm³/mol. The van der Waals surface area contributed by atoms with Gasteiger partial charge in [0.05, 0.1) is 5.56 Å². The van der Waals surface area contributed by atoms with Gasteiger partial charge in [0.2, 0.25) is 5.78 Å². The summed E-state index contributed by atoms with van der Waals surface area (Å²) in [6, 6.07) is 14.1. The van der Waals surface area contributed by atoms with Crippen molar-refractivity contribution in [2.75, 3.05) is 19.8 Å². The molecule has 7 heteroatoms. The van der Waals surface area contributed by atoms with Gasteiger partial charge in [-0.05, 0) is 44.2 Å². The van der Waals surface area contributed by atoms with Crippen LogP contribution in [0.5, 0.6) is 17.2 Å². The van der Waals surface area contributed by atoms with Crippen molar-refractivity contribution in [1.29, 1.82) is 0 Å². The normalized spacial score (nSPS) is 12.5. The molecule has 0 radical (unpaired) electrons. The summed E-state index contributed by atoms with van der Waals surface area (Å²) < 4.78 is 18.8. The van der Waals surface area contributed by atoms with E-state index in [1.807, 2.05) is 42.7 Å². The van der Waals surface area contributed by atoms with E-state index in [0.29, 0.717) is 36.0 Å². The molecule has 0 aliphatic carbocycles. The first-order valence-corrected chi connectivity index (χ1v) is 9.59. The fourth-order valence-electron chi connectivity index (χ4n) is 3.63. The summed E-state index contributed by atoms with van der Waals surface area (Å²) in [5.74, 6) is 0.899. The molecule has 1 aliphatic rings. The zero-order chi connectivity index (χ0) is 21.3. The van der Waals surface area contributed by atoms with Gasteiger partial charge in [-0.2, -0.15) is 0 Å². The molecule has 3 aromatic rings. The number of aryl methyl sites for hydroxylation is 1. The van der Waals surface area contributed by atoms with E-state index in [-0.39, 0.29) is 18.0 Å². The quantitative estimate of drug-likeness (QED) is 0.635. The second-order valence-electron chi connectivity index (χ2n) is 7.02. The Labute approximate surface area is 174 Å². The Morgan fingerprint density at radius 3 is 2.50 bits per heavy atom. The Hall–Kier alpha value is -3.74. The van der Waals surface area contributed by atoms with Crippen molar-refractivity contribution in [2.45, 2.75) is 13.8 Å². The van der Waals surface area contributed by atoms with E-state index in [0.717, 1.165) is 17.1 Å². The van der Waals surface area contributed by atoms with E-state index >= 15 is 0 Å². The second-order valence-corrected chi connectivity index (χ2v) is 7.02. The van der Waals surface area contributed by atoms with Crippen LogP contribution in [0.15, 0.2) is 48.5 Å². The molecule has 2 N–H and O–H groups in total. The highest BCUT2D eigenvalue weighted by molar-refractivity contribution is 5.99. The minimum Gasteiger partial charge on any atom is -0.486 e. The number of benzene rings is 2. The van der Waals surface area contributed by atoms with Crippen LogP contribution in [0.25, 0.3) is 5.69 Å². The van der Waals surface area contributed by atoms with Gasteiger partial charge in [0.25, 0.3) is 5.91 Å². The Kier molecular flexibility index (Phi) is 5.18. The fourth-order valence-corrected chi connectivity index (χ4v) is 3.63. The summed E-state index contributed by atoms with van der Waals surface area (Å²) in [6.45, 7) is 4.66. The third-order valence-corrected chi connectivity index (χ3v) is 5.03. The molecule has 4 rings (SSSR count). The van der Waals surface area contributed by atoms with Gasteiger partial charge in [0.15, 0.2) is 18.1 Å². The Morgan fingerprint density at radius 1 is 1.00 bits per heavy atom. The van der Waals surface area contributed by atoms with Crippen molar-refractivity contribution in [1.82, 2.24) is 4.57 Å². The molecule has 1 amide bonds. The van der Waals surface area contributed by atoms with E-state index in [1.165, 1.54) is 0 Å². The van der Waals surface area contributed by atoms with Gasteiger partial charge in [0, 0.05) is 28.7 Å². The summed E-state index contributed by atoms with van der Waals surface area (Å²) in [4.78, 5) is 24.4. The Morgan fingerprint density at radius 2 is 1.73 bits per heavy atom. The maximum atomic E-state index is 12.9. The first-order valence-electron chi connectivity index (χ1n) is 9.59. The predicted octanol–water partition coefficient (Wildman–Crippen LogP) is 3.23. The van der Waals surface area contributed by atoms with Crippen molar-refractivity contribution < 1.29 is 23.8 Å². The standard InChI is InChI=1S/C23H22N2O5/c1-14-11-18(19(26)13-30-20-6-4-3-5-17(20)23(24)27)15(2)25(14)16-7-8-21-22(12-16)29-10-9-28-21/h3-8,11-12H,9-10,13H2,1-2H3,(H2,24,27). The van der Waals surface area contributed by atoms with Crippen molar-refractivity contribution >= 4 is 11.7 Å². The first kappa shape index (κ1) is 19.6. The summed E-state index contributed by atoms with van der Waals surface area (Å²) in [5.41, 5.74) is 8.75. The summed E-state index contributed by atoms with van der Waals surface area (Å²) in [5, 5.41) is 0. The van der Waals surface area contributed by atoms with E-state index in [4.69, 9.17) is 19.9 Å². The molecule has 1 aromatic heterocycles. The summed E-state index contributed by atoms with van der Waals surface area (Å²) in [7, 11) is 0. The Bertz CT molecular complexity index is 1130. The number of hydrogen-bond acceptors (Lipinski definition) is 5. The van der Waals surface area contributed by atoms with Crippen LogP contribution >= 0.6 is 0 Å². The molecule has 0 saturated carbocycles. The van der Waals surface area contributed by atoms with Crippen molar-refractivity contribution in [3.63, 3.8) is 0 Å². The molecular weight excluding hydrogens is 384 g/mol. The van der Waals surface area contributed by atoms with Crippen LogP contribution in [0.2, 0.25) is 0 Å². The lowest BCUT2D eigenvalue weighted by atomic mass is 10.1. The molecule has 0 spiro atoms. The largest absolute Gasteiger partial charge is 0.486 e. The molecule has 154 valence electrons. The maximum absolute atomic E-state index is 12.9. The monoisotopic (exact) mass is 406 g/mol. The van der Waals surface area contributed by atoms with Gasteiger partial charge in [-0.25, -0.2) is 0 Å². The van der Waals surface area contributed by atoms with Gasteiger partial charge < -0.3 is 24.5 Å². The third-order valence-electron chi connectivity index (χ3n) is 5.03. The lowest BCUT2D eigenvalue weighted by Gasteiger charge is -2.20. The zero-order valence-electron chi connectivity index (χ0n) is 16.8. The summed E-state index contributed by atoms with van der Waals surface area (Å²) in [6.07, 6.45) is 0. The number of Topliss-reactive ketones (excluding diaryl/α,β-unsaturated/α-hetero) is 1. The van der Waals surface area contributed by atoms with Crippen LogP contribution in [0.4, 0.5) is 0 Å². The van der Waals surface area contributed by atoms with E-state index in [1.54, 1.807) is 24.3 Å². The molecule has 0 saturated heterocycles. The molecule has 0 fully saturated rings. The molecule has 2 heterocycles. The number of amides is 1. The van der Waals surface area contributed by atoms with Crippen LogP contribution in [0.3, 0.4) is 0 Å². The average Bonchev–Trinajstić information content (AvgIpc) is 3.05. The lowest BCUT2D eigenvalue weighted by Crippen LogP contribution is -2.17. The molecular formula is C23H22N2O5. The van der Waals surface area contributed by atoms with Crippen LogP contribution < -0.4 is 19.9 Å². The number of nitrogens with two attached hydrogens (primary N) is 1. The minimum atomic E-state index is -0.602. The fraction of sp³-hybridized carbons (Fsp3) is 0.217. The number of carbonyl (C=O) groups is 2. The number of hydrogen-bond donors (Lipinski definition) is 1. The summed E-state index contributed by atoms with van der Waals surface area (Å²) >= 11 is 0. The smallest absolute Gasteiger partial charge is 0.252 e. The number of fused-ring (bicyclic) bond motifs is 1. The van der Waals surface area contributed by atoms with Gasteiger partial charge in [0.1, 0.15) is 19.0 Å². The highest BCUT2D eigenvalue weighted by atomic mass is 16.6. The number of primary amides is 1. The lowest BCUT2D eigenvalue weighted by molar-refractivity contribution is 0.0911. The molecule has 2 aromatic carbocycles. The highest BCUT2D eigenvalue weighted by Crippen LogP contribution is 2.33. The van der Waals surface area contributed by atoms with Crippen molar-refractivity contribution in [3.8, 4) is 22.9 Å². The van der Waals surface area contributed by atoms with Gasteiger partial charge in [-0.3, -0.25) is 9.59 Å². The van der Waals surface area contributed by atoms with Gasteiger partial charge in [-0.15, -0.1) is 0 Å². The zero-order valence-corrected chi connectivity index (χ0v) is 16.8. The number of ketones is 1. The maximum Gasteiger partial charge on any atom is 0.252 e. The average molecular weight is 406 g/mol. The molecule has 0 unspecified atom stereocenters. The van der Waals surface area contributed by atoms with Gasteiger partial charge in [-0.1, -0.05) is 12.1 Å². The van der Waals surface area contributed by atoms with Gasteiger partial charge >= 0.3 is 0 Å². The van der Waals surface area contributed by atoms with E-state index in [2.05, 4.69) is 0 Å². The SMILES string of the molecule is Cc1cc(C(=O)COc2ccccc2C(N)=O)c(C)n1-c1ccc2c(c1)OCCO2. The van der Waals surface area contributed by atoms with Crippen LogP contribution in [-0.4, -0.2) is 36.1 Å². The van der Waals surface area contributed by atoms with Crippen LogP contribution in [0, 0.1) is 13.8 Å². The topological polar surface area (TPSA) is 92.8 Å². The number of para-hydroxylation sites is 1. The highest BCUT2D eigenvalue weighted by Gasteiger charge is 2.20. The second kappa shape index (κ2) is 7.94. The molecule has 30 heavy (non-hydrogen) atoms. The molecule has 1 aliphatic heterocycles. The van der Waals surface area contributed by atoms with Crippen LogP contribution in [0.1, 0.15) is 32.1 Å². The van der Waals surface area contributed by atoms with Crippen LogP contribution in [-0.2, 0) is 0 Å². The van der Waals surface area contributed by atoms with E-state index < -0.39 is 5.91 Å². The number of nitrogens with zero attached hydrogens (tertiary/aromatic N) is 1. The minimum absolute atomic E-state index is 0.189. The number of ether oxygens (including phenoxy) is 3. The third kappa shape index (κ3) is 3.61. The van der Waals surface area contributed by atoms with Crippen molar-refractivity contribution in [3.05, 3.63) is 71.0 Å².